The molecular formula is C18H28O14. The smallest absolute Gasteiger partial charge is 0.303 e. The van der Waals surface area contributed by atoms with Crippen LogP contribution in [0.1, 0.15) is 20.8 Å². The van der Waals surface area contributed by atoms with E-state index in [1.807, 2.05) is 0 Å². The van der Waals surface area contributed by atoms with Gasteiger partial charge < -0.3 is 54.0 Å². The topological polar surface area (TPSA) is 208 Å². The van der Waals surface area contributed by atoms with Gasteiger partial charge in [0.05, 0.1) is 13.2 Å². The van der Waals surface area contributed by atoms with Crippen LogP contribution in [0.2, 0.25) is 0 Å². The highest BCUT2D eigenvalue weighted by Gasteiger charge is 2.61. The number of ether oxygens (including phenoxy) is 6. The van der Waals surface area contributed by atoms with Crippen LogP contribution >= 0.6 is 0 Å². The zero-order chi connectivity index (χ0) is 24.2. The summed E-state index contributed by atoms with van der Waals surface area (Å²) >= 11 is 0. The second-order valence-electron chi connectivity index (χ2n) is 7.31. The Morgan fingerprint density at radius 3 is 1.81 bits per heavy atom. The molecule has 0 aromatic carbocycles. The molecule has 0 spiro atoms. The van der Waals surface area contributed by atoms with E-state index in [4.69, 9.17) is 28.4 Å². The zero-order valence-corrected chi connectivity index (χ0v) is 17.7. The Bertz CT molecular complexity index is 685. The monoisotopic (exact) mass is 468 g/mol. The molecule has 14 nitrogen and oxygen atoms in total. The highest BCUT2D eigenvalue weighted by atomic mass is 16.8. The molecule has 32 heavy (non-hydrogen) atoms. The second-order valence-corrected chi connectivity index (χ2v) is 7.31. The molecule has 5 N–H and O–H groups in total. The van der Waals surface area contributed by atoms with Crippen LogP contribution in [0.3, 0.4) is 0 Å². The van der Waals surface area contributed by atoms with Crippen molar-refractivity contribution in [1.29, 1.82) is 0 Å². The van der Waals surface area contributed by atoms with Gasteiger partial charge in [-0.25, -0.2) is 0 Å². The first-order chi connectivity index (χ1) is 15.0. The summed E-state index contributed by atoms with van der Waals surface area (Å²) in [6, 6.07) is 0. The van der Waals surface area contributed by atoms with Gasteiger partial charge in [0.15, 0.2) is 18.3 Å². The van der Waals surface area contributed by atoms with E-state index in [9.17, 15) is 39.9 Å². The van der Waals surface area contributed by atoms with Crippen LogP contribution in [0.5, 0.6) is 0 Å². The molecule has 0 aromatic heterocycles. The fourth-order valence-corrected chi connectivity index (χ4v) is 3.57. The maximum atomic E-state index is 11.7. The normalized spacial score (nSPS) is 39.4. The molecule has 0 bridgehead atoms. The molecule has 0 unspecified atom stereocenters. The second kappa shape index (κ2) is 10.8. The lowest BCUT2D eigenvalue weighted by Crippen LogP contribution is -2.64. The number of carbonyl (C=O) groups is 3. The molecule has 0 saturated carbocycles. The van der Waals surface area contributed by atoms with Crippen molar-refractivity contribution < 1.29 is 68.3 Å². The molecule has 2 heterocycles. The molecular weight excluding hydrogens is 440 g/mol. The minimum atomic E-state index is -2.31. The molecule has 0 aliphatic carbocycles. The summed E-state index contributed by atoms with van der Waals surface area (Å²) in [5.41, 5.74) is 0. The van der Waals surface area contributed by atoms with Crippen LogP contribution in [-0.2, 0) is 42.8 Å². The molecule has 2 fully saturated rings. The van der Waals surface area contributed by atoms with E-state index >= 15 is 0 Å². The number of carbonyl (C=O) groups excluding carboxylic acids is 3. The summed E-state index contributed by atoms with van der Waals surface area (Å²) in [5.74, 6) is -4.93. The highest BCUT2D eigenvalue weighted by Crippen LogP contribution is 2.38. The predicted molar refractivity (Wildman–Crippen MR) is 97.3 cm³/mol. The fraction of sp³-hybridized carbons (Fsp3) is 0.833. The van der Waals surface area contributed by atoms with Crippen molar-refractivity contribution in [1.82, 2.24) is 0 Å². The van der Waals surface area contributed by atoms with E-state index in [1.165, 1.54) is 0 Å². The number of hydrogen-bond acceptors (Lipinski definition) is 14. The third kappa shape index (κ3) is 5.52. The standard InChI is InChI=1S/C18H28O14/c1-7(22)27-14-12(25)10(4-19)30-17(15(14)28-8(2)23)32-18(6-21)16(29-9(3)24)13(26)11(5-20)31-18/h10-17,19-21,25-26H,4-6H2,1-3H3/t10-,11-,12-,13-,14+,15-,16+,17-,18+/m1/s1. The average molecular weight is 468 g/mol. The van der Waals surface area contributed by atoms with Crippen LogP contribution < -0.4 is 0 Å². The molecule has 14 heteroatoms. The van der Waals surface area contributed by atoms with Crippen molar-refractivity contribution in [3.63, 3.8) is 0 Å². The number of aliphatic hydroxyl groups excluding tert-OH is 5. The Morgan fingerprint density at radius 1 is 0.812 bits per heavy atom. The summed E-state index contributed by atoms with van der Waals surface area (Å²) in [7, 11) is 0. The molecule has 0 amide bonds. The van der Waals surface area contributed by atoms with Crippen LogP contribution in [0.4, 0.5) is 0 Å². The van der Waals surface area contributed by atoms with E-state index in [0.29, 0.717) is 0 Å². The summed E-state index contributed by atoms with van der Waals surface area (Å²) in [5, 5.41) is 49.9. The SMILES string of the molecule is CC(=O)O[C@H]1[C@@H](O[C@]2(CO)O[C@H](CO)[C@@H](O)[C@@H]2OC(C)=O)O[C@H](CO)[C@@H](O)[C@@H]1OC(C)=O. The van der Waals surface area contributed by atoms with Crippen molar-refractivity contribution >= 4 is 17.9 Å². The molecule has 2 aliphatic rings. The quantitative estimate of drug-likeness (QED) is 0.172. The lowest BCUT2D eigenvalue weighted by Gasteiger charge is -2.45. The predicted octanol–water partition coefficient (Wildman–Crippen LogP) is -3.68. The average Bonchev–Trinajstić information content (AvgIpc) is 2.97. The lowest BCUT2D eigenvalue weighted by atomic mass is 9.98. The Morgan fingerprint density at radius 2 is 1.34 bits per heavy atom. The van der Waals surface area contributed by atoms with Gasteiger partial charge in [0.25, 0.3) is 0 Å². The first-order valence-electron chi connectivity index (χ1n) is 9.71. The fourth-order valence-electron chi connectivity index (χ4n) is 3.57. The van der Waals surface area contributed by atoms with E-state index in [0.717, 1.165) is 20.8 Å². The minimum Gasteiger partial charge on any atom is -0.455 e. The van der Waals surface area contributed by atoms with Crippen LogP contribution in [0.25, 0.3) is 0 Å². The summed E-state index contributed by atoms with van der Waals surface area (Å²) in [6.07, 6.45) is -12.6. The van der Waals surface area contributed by atoms with Crippen LogP contribution in [-0.4, -0.2) is 118 Å². The Balaban J connectivity index is 2.45. The maximum Gasteiger partial charge on any atom is 0.303 e. The van der Waals surface area contributed by atoms with E-state index in [2.05, 4.69) is 0 Å². The molecule has 9 atom stereocenters. The number of aliphatic hydroxyl groups is 5. The van der Waals surface area contributed by atoms with E-state index < -0.39 is 92.5 Å². The molecule has 2 saturated heterocycles. The van der Waals surface area contributed by atoms with Gasteiger partial charge in [-0.15, -0.1) is 0 Å². The number of rotatable bonds is 8. The molecule has 184 valence electrons. The van der Waals surface area contributed by atoms with Crippen molar-refractivity contribution in [2.45, 2.75) is 75.6 Å². The third-order valence-corrected chi connectivity index (χ3v) is 4.89. The summed E-state index contributed by atoms with van der Waals surface area (Å²) in [6.45, 7) is 0.536. The summed E-state index contributed by atoms with van der Waals surface area (Å²) in [4.78, 5) is 34.8. The van der Waals surface area contributed by atoms with Crippen molar-refractivity contribution in [3.05, 3.63) is 0 Å². The van der Waals surface area contributed by atoms with Gasteiger partial charge in [-0.1, -0.05) is 0 Å². The number of esters is 3. The summed E-state index contributed by atoms with van der Waals surface area (Å²) < 4.78 is 31.8. The third-order valence-electron chi connectivity index (χ3n) is 4.89. The Hall–Kier alpha value is -1.91. The largest absolute Gasteiger partial charge is 0.455 e. The maximum absolute atomic E-state index is 11.7. The van der Waals surface area contributed by atoms with Crippen LogP contribution in [0.15, 0.2) is 0 Å². The van der Waals surface area contributed by atoms with Gasteiger partial charge >= 0.3 is 17.9 Å². The first-order valence-corrected chi connectivity index (χ1v) is 9.71. The molecule has 0 radical (unpaired) electrons. The van der Waals surface area contributed by atoms with Gasteiger partial charge in [-0.3, -0.25) is 14.4 Å². The van der Waals surface area contributed by atoms with Crippen molar-refractivity contribution in [2.24, 2.45) is 0 Å². The first kappa shape index (κ1) is 26.3. The Labute approximate surface area is 182 Å². The lowest BCUT2D eigenvalue weighted by molar-refractivity contribution is -0.384. The van der Waals surface area contributed by atoms with Gasteiger partial charge in [-0.2, -0.15) is 0 Å². The van der Waals surface area contributed by atoms with E-state index in [1.54, 1.807) is 0 Å². The highest BCUT2D eigenvalue weighted by molar-refractivity contribution is 5.67. The van der Waals surface area contributed by atoms with Gasteiger partial charge in [0.2, 0.25) is 12.1 Å². The number of hydrogen-bond donors (Lipinski definition) is 5. The molecule has 2 aliphatic heterocycles. The van der Waals surface area contributed by atoms with Gasteiger partial charge in [0, 0.05) is 20.8 Å². The van der Waals surface area contributed by atoms with Crippen molar-refractivity contribution in [3.8, 4) is 0 Å². The van der Waals surface area contributed by atoms with E-state index in [-0.39, 0.29) is 0 Å². The van der Waals surface area contributed by atoms with Gasteiger partial charge in [-0.05, 0) is 0 Å². The minimum absolute atomic E-state index is 0.739. The molecule has 2 rings (SSSR count). The Kier molecular flexibility index (Phi) is 8.90. The van der Waals surface area contributed by atoms with Gasteiger partial charge in [0.1, 0.15) is 31.0 Å². The zero-order valence-electron chi connectivity index (χ0n) is 17.7. The molecule has 0 aromatic rings. The van der Waals surface area contributed by atoms with Crippen LogP contribution in [0, 0.1) is 0 Å². The van der Waals surface area contributed by atoms with Crippen molar-refractivity contribution in [2.75, 3.05) is 19.8 Å².